The molecule has 0 radical (unpaired) electrons. The summed E-state index contributed by atoms with van der Waals surface area (Å²) in [5.41, 5.74) is 6.47. The van der Waals surface area contributed by atoms with Gasteiger partial charge in [-0.15, -0.1) is 0 Å². The highest BCUT2D eigenvalue weighted by atomic mass is 35.5. The first-order chi connectivity index (χ1) is 8.72. The smallest absolute Gasteiger partial charge is 0.264 e. The normalized spacial score (nSPS) is 10.6. The van der Waals surface area contributed by atoms with Gasteiger partial charge in [-0.25, -0.2) is 0 Å². The van der Waals surface area contributed by atoms with Crippen LogP contribution in [-0.2, 0) is 19.6 Å². The van der Waals surface area contributed by atoms with Crippen molar-refractivity contribution in [1.29, 1.82) is 0 Å². The number of hydrogen-bond acceptors (Lipinski definition) is 5. The van der Waals surface area contributed by atoms with Gasteiger partial charge < -0.3 is 15.0 Å². The maximum Gasteiger partial charge on any atom is 0.264 e. The molecule has 18 heavy (non-hydrogen) atoms. The zero-order valence-corrected chi connectivity index (χ0v) is 10.8. The largest absolute Gasteiger partial charge is 0.483 e. The molecule has 0 aliphatic heterocycles. The van der Waals surface area contributed by atoms with Gasteiger partial charge in [-0.05, 0) is 18.2 Å². The molecule has 2 aromatic rings. The second-order valence-electron chi connectivity index (χ2n) is 3.70. The number of nitrogens with zero attached hydrogens (tertiary/aromatic N) is 2. The first-order valence-electron chi connectivity index (χ1n) is 5.65. The third-order valence-electron chi connectivity index (χ3n) is 2.42. The van der Waals surface area contributed by atoms with E-state index in [1.165, 1.54) is 0 Å². The fourth-order valence-electron chi connectivity index (χ4n) is 1.48. The summed E-state index contributed by atoms with van der Waals surface area (Å²) in [5.74, 6) is 1.80. The van der Waals surface area contributed by atoms with Crippen molar-refractivity contribution in [3.05, 3.63) is 40.5 Å². The molecular formula is C12H14ClN3O2. The van der Waals surface area contributed by atoms with Crippen molar-refractivity contribution in [2.75, 3.05) is 0 Å². The zero-order chi connectivity index (χ0) is 13.0. The van der Waals surface area contributed by atoms with Crippen molar-refractivity contribution >= 4 is 11.6 Å². The summed E-state index contributed by atoms with van der Waals surface area (Å²) in [6.07, 6.45) is 0.735. The van der Waals surface area contributed by atoms with Gasteiger partial charge in [-0.3, -0.25) is 0 Å². The van der Waals surface area contributed by atoms with Crippen LogP contribution in [0.1, 0.15) is 24.2 Å². The SMILES string of the molecule is CCc1noc(COc2ccc(Cl)cc2CN)n1. The van der Waals surface area contributed by atoms with Crippen molar-refractivity contribution in [3.8, 4) is 5.75 Å². The van der Waals surface area contributed by atoms with E-state index in [4.69, 9.17) is 26.6 Å². The quantitative estimate of drug-likeness (QED) is 0.900. The second-order valence-corrected chi connectivity index (χ2v) is 4.14. The Hall–Kier alpha value is -1.59. The minimum atomic E-state index is 0.224. The lowest BCUT2D eigenvalue weighted by Crippen LogP contribution is -2.03. The topological polar surface area (TPSA) is 74.2 Å². The van der Waals surface area contributed by atoms with Crippen molar-refractivity contribution < 1.29 is 9.26 Å². The molecule has 0 fully saturated rings. The van der Waals surface area contributed by atoms with E-state index in [2.05, 4.69) is 10.1 Å². The van der Waals surface area contributed by atoms with Crippen LogP contribution in [0.5, 0.6) is 5.75 Å². The molecule has 0 spiro atoms. The fraction of sp³-hybridized carbons (Fsp3) is 0.333. The maximum absolute atomic E-state index is 5.88. The highest BCUT2D eigenvalue weighted by Gasteiger charge is 2.08. The van der Waals surface area contributed by atoms with Gasteiger partial charge >= 0.3 is 0 Å². The Labute approximate surface area is 110 Å². The molecule has 5 nitrogen and oxygen atoms in total. The molecule has 1 heterocycles. The van der Waals surface area contributed by atoms with Crippen LogP contribution in [-0.4, -0.2) is 10.1 Å². The summed E-state index contributed by atoms with van der Waals surface area (Å²) in [7, 11) is 0. The Balaban J connectivity index is 2.05. The van der Waals surface area contributed by atoms with E-state index in [-0.39, 0.29) is 6.61 Å². The monoisotopic (exact) mass is 267 g/mol. The summed E-state index contributed by atoms with van der Waals surface area (Å²) >= 11 is 5.88. The van der Waals surface area contributed by atoms with Gasteiger partial charge in [-0.1, -0.05) is 23.7 Å². The summed E-state index contributed by atoms with van der Waals surface area (Å²) in [5, 5.41) is 4.42. The summed E-state index contributed by atoms with van der Waals surface area (Å²) < 4.78 is 10.6. The van der Waals surface area contributed by atoms with E-state index >= 15 is 0 Å². The van der Waals surface area contributed by atoms with Gasteiger partial charge in [0.15, 0.2) is 12.4 Å². The lowest BCUT2D eigenvalue weighted by atomic mass is 10.2. The van der Waals surface area contributed by atoms with E-state index in [9.17, 15) is 0 Å². The maximum atomic E-state index is 5.88. The van der Waals surface area contributed by atoms with Crippen molar-refractivity contribution in [2.24, 2.45) is 5.73 Å². The van der Waals surface area contributed by atoms with Crippen LogP contribution in [0.15, 0.2) is 22.7 Å². The Kier molecular flexibility index (Phi) is 4.17. The Bertz CT molecular complexity index is 528. The first-order valence-corrected chi connectivity index (χ1v) is 6.03. The van der Waals surface area contributed by atoms with Gasteiger partial charge in [0.25, 0.3) is 5.89 Å². The van der Waals surface area contributed by atoms with Crippen LogP contribution in [0.4, 0.5) is 0 Å². The van der Waals surface area contributed by atoms with E-state index in [0.717, 1.165) is 12.0 Å². The van der Waals surface area contributed by atoms with Gasteiger partial charge in [0.1, 0.15) is 5.75 Å². The zero-order valence-electron chi connectivity index (χ0n) is 10.0. The van der Waals surface area contributed by atoms with Gasteiger partial charge in [-0.2, -0.15) is 4.98 Å². The molecule has 2 N–H and O–H groups in total. The Morgan fingerprint density at radius 3 is 2.94 bits per heavy atom. The van der Waals surface area contributed by atoms with Gasteiger partial charge in [0.2, 0.25) is 0 Å². The minimum absolute atomic E-state index is 0.224. The number of ether oxygens (including phenoxy) is 1. The second kappa shape index (κ2) is 5.84. The lowest BCUT2D eigenvalue weighted by Gasteiger charge is -2.08. The van der Waals surface area contributed by atoms with Crippen LogP contribution >= 0.6 is 11.6 Å². The van der Waals surface area contributed by atoms with E-state index in [1.54, 1.807) is 18.2 Å². The van der Waals surface area contributed by atoms with E-state index < -0.39 is 0 Å². The molecule has 0 aliphatic rings. The third-order valence-corrected chi connectivity index (χ3v) is 2.66. The number of halogens is 1. The standard InChI is InChI=1S/C12H14ClN3O2/c1-2-11-15-12(18-16-11)7-17-10-4-3-9(13)5-8(10)6-14/h3-5H,2,6-7,14H2,1H3. The molecule has 0 saturated heterocycles. The van der Waals surface area contributed by atoms with Crippen LogP contribution in [0.3, 0.4) is 0 Å². The molecule has 0 bridgehead atoms. The third kappa shape index (κ3) is 3.00. The highest BCUT2D eigenvalue weighted by molar-refractivity contribution is 6.30. The molecule has 0 amide bonds. The Morgan fingerprint density at radius 1 is 1.44 bits per heavy atom. The average Bonchev–Trinajstić information content (AvgIpc) is 2.85. The van der Waals surface area contributed by atoms with Crippen molar-refractivity contribution in [1.82, 2.24) is 10.1 Å². The first kappa shape index (κ1) is 12.9. The number of hydrogen-bond donors (Lipinski definition) is 1. The molecule has 0 unspecified atom stereocenters. The number of benzene rings is 1. The van der Waals surface area contributed by atoms with Crippen molar-refractivity contribution in [2.45, 2.75) is 26.5 Å². The molecular weight excluding hydrogens is 254 g/mol. The van der Waals surface area contributed by atoms with Crippen LogP contribution < -0.4 is 10.5 Å². The predicted octanol–water partition coefficient (Wildman–Crippen LogP) is 2.32. The van der Waals surface area contributed by atoms with E-state index in [0.29, 0.717) is 29.0 Å². The summed E-state index contributed by atoms with van der Waals surface area (Å²) in [6.45, 7) is 2.54. The minimum Gasteiger partial charge on any atom is -0.483 e. The summed E-state index contributed by atoms with van der Waals surface area (Å²) in [6, 6.07) is 5.31. The van der Waals surface area contributed by atoms with Crippen LogP contribution in [0.25, 0.3) is 0 Å². The number of rotatable bonds is 5. The molecule has 1 aromatic carbocycles. The molecule has 6 heteroatoms. The summed E-state index contributed by atoms with van der Waals surface area (Å²) in [4.78, 5) is 4.16. The molecule has 2 rings (SSSR count). The van der Waals surface area contributed by atoms with Crippen LogP contribution in [0.2, 0.25) is 5.02 Å². The van der Waals surface area contributed by atoms with E-state index in [1.807, 2.05) is 6.92 Å². The molecule has 0 aliphatic carbocycles. The Morgan fingerprint density at radius 2 is 2.28 bits per heavy atom. The van der Waals surface area contributed by atoms with Crippen LogP contribution in [0, 0.1) is 0 Å². The fourth-order valence-corrected chi connectivity index (χ4v) is 1.67. The van der Waals surface area contributed by atoms with Gasteiger partial charge in [0.05, 0.1) is 0 Å². The van der Waals surface area contributed by atoms with Gasteiger partial charge in [0, 0.05) is 23.6 Å². The number of nitrogens with two attached hydrogens (primary N) is 1. The average molecular weight is 268 g/mol. The lowest BCUT2D eigenvalue weighted by molar-refractivity contribution is 0.240. The molecule has 1 aromatic heterocycles. The molecule has 96 valence electrons. The number of aryl methyl sites for hydroxylation is 1. The highest BCUT2D eigenvalue weighted by Crippen LogP contribution is 2.23. The number of aromatic nitrogens is 2. The molecule has 0 atom stereocenters. The predicted molar refractivity (Wildman–Crippen MR) is 67.4 cm³/mol. The van der Waals surface area contributed by atoms with Crippen molar-refractivity contribution in [3.63, 3.8) is 0 Å². The molecule has 0 saturated carbocycles.